The van der Waals surface area contributed by atoms with Crippen LogP contribution >= 0.6 is 0 Å². The first kappa shape index (κ1) is 15.7. The van der Waals surface area contributed by atoms with Crippen LogP contribution in [0.5, 0.6) is 0 Å². The largest absolute Gasteiger partial charge is 0.352 e. The van der Waals surface area contributed by atoms with E-state index in [0.29, 0.717) is 23.3 Å². The molecule has 0 aliphatic carbocycles. The van der Waals surface area contributed by atoms with Crippen molar-refractivity contribution in [3.63, 3.8) is 0 Å². The first-order chi connectivity index (χ1) is 8.82. The van der Waals surface area contributed by atoms with Crippen molar-refractivity contribution >= 4 is 5.91 Å². The maximum Gasteiger partial charge on any atom is 0.253 e. The zero-order valence-corrected chi connectivity index (χ0v) is 12.9. The Labute approximate surface area is 116 Å². The third-order valence-corrected chi connectivity index (χ3v) is 3.68. The van der Waals surface area contributed by atoms with Crippen LogP contribution in [0.4, 0.5) is 0 Å². The molecule has 0 fully saturated rings. The molecule has 3 nitrogen and oxygen atoms in total. The fraction of sp³-hybridized carbons (Fsp3) is 0.625. The van der Waals surface area contributed by atoms with Crippen molar-refractivity contribution in [2.75, 3.05) is 6.54 Å². The van der Waals surface area contributed by atoms with E-state index in [-0.39, 0.29) is 5.91 Å². The van der Waals surface area contributed by atoms with Crippen LogP contribution in [-0.4, -0.2) is 17.4 Å². The van der Waals surface area contributed by atoms with Gasteiger partial charge in [-0.25, -0.2) is 0 Å². The monoisotopic (exact) mass is 262 g/mol. The van der Waals surface area contributed by atoms with E-state index in [1.165, 1.54) is 0 Å². The number of hydrogen-bond donors (Lipinski definition) is 1. The van der Waals surface area contributed by atoms with Crippen molar-refractivity contribution < 1.29 is 4.79 Å². The fourth-order valence-electron chi connectivity index (χ4n) is 2.47. The first-order valence-corrected chi connectivity index (χ1v) is 7.05. The average Bonchev–Trinajstić information content (AvgIpc) is 2.27. The van der Waals surface area contributed by atoms with Gasteiger partial charge in [0.25, 0.3) is 5.91 Å². The minimum atomic E-state index is -0.0173. The van der Waals surface area contributed by atoms with Crippen LogP contribution in [0.25, 0.3) is 0 Å². The molecule has 1 aromatic rings. The molecule has 1 rings (SSSR count). The van der Waals surface area contributed by atoms with Crippen molar-refractivity contribution in [1.29, 1.82) is 0 Å². The maximum atomic E-state index is 12.2. The molecule has 1 heterocycles. The third-order valence-electron chi connectivity index (χ3n) is 3.68. The van der Waals surface area contributed by atoms with Gasteiger partial charge in [-0.3, -0.25) is 9.78 Å². The van der Waals surface area contributed by atoms with E-state index in [4.69, 9.17) is 0 Å². The Bertz CT molecular complexity index is 430. The quantitative estimate of drug-likeness (QED) is 0.884. The predicted octanol–water partition coefficient (Wildman–Crippen LogP) is 3.36. The lowest BCUT2D eigenvalue weighted by Crippen LogP contribution is -2.34. The number of nitrogens with zero attached hydrogens (tertiary/aromatic N) is 1. The summed E-state index contributed by atoms with van der Waals surface area (Å²) in [7, 11) is 0. The number of hydrogen-bond acceptors (Lipinski definition) is 2. The molecule has 0 saturated heterocycles. The van der Waals surface area contributed by atoms with Gasteiger partial charge in [0, 0.05) is 12.2 Å². The van der Waals surface area contributed by atoms with E-state index in [9.17, 15) is 4.79 Å². The Morgan fingerprint density at radius 2 is 1.74 bits per heavy atom. The van der Waals surface area contributed by atoms with Gasteiger partial charge in [-0.2, -0.15) is 0 Å². The normalized spacial score (nSPS) is 11.4. The molecule has 0 aliphatic rings. The van der Waals surface area contributed by atoms with Crippen LogP contribution in [0.2, 0.25) is 0 Å². The Kier molecular flexibility index (Phi) is 5.52. The molecule has 0 spiro atoms. The van der Waals surface area contributed by atoms with Crippen molar-refractivity contribution in [3.05, 3.63) is 29.1 Å². The summed E-state index contributed by atoms with van der Waals surface area (Å²) < 4.78 is 0. The van der Waals surface area contributed by atoms with Crippen molar-refractivity contribution in [3.8, 4) is 0 Å². The van der Waals surface area contributed by atoms with Gasteiger partial charge in [-0.05, 0) is 43.7 Å². The fourth-order valence-corrected chi connectivity index (χ4v) is 2.47. The summed E-state index contributed by atoms with van der Waals surface area (Å²) in [5.74, 6) is 1.62. The minimum absolute atomic E-state index is 0.0173. The molecule has 19 heavy (non-hydrogen) atoms. The minimum Gasteiger partial charge on any atom is -0.352 e. The highest BCUT2D eigenvalue weighted by molar-refractivity contribution is 5.95. The summed E-state index contributed by atoms with van der Waals surface area (Å²) in [6.45, 7) is 13.4. The molecule has 106 valence electrons. The summed E-state index contributed by atoms with van der Waals surface area (Å²) in [5.41, 5.74) is 2.41. The van der Waals surface area contributed by atoms with E-state index < -0.39 is 0 Å². The number of pyridine rings is 1. The smallest absolute Gasteiger partial charge is 0.253 e. The van der Waals surface area contributed by atoms with E-state index in [0.717, 1.165) is 17.9 Å². The Hall–Kier alpha value is -1.38. The molecular formula is C16H26N2O. The second-order valence-electron chi connectivity index (χ2n) is 5.95. The Morgan fingerprint density at radius 3 is 2.21 bits per heavy atom. The van der Waals surface area contributed by atoms with Gasteiger partial charge in [-0.1, -0.05) is 27.7 Å². The molecule has 0 atom stereocenters. The van der Waals surface area contributed by atoms with Gasteiger partial charge in [0.05, 0.1) is 11.3 Å². The lowest BCUT2D eigenvalue weighted by Gasteiger charge is -2.25. The molecule has 0 aliphatic heterocycles. The topological polar surface area (TPSA) is 42.0 Å². The lowest BCUT2D eigenvalue weighted by molar-refractivity contribution is 0.0936. The molecule has 3 heteroatoms. The molecular weight excluding hydrogens is 236 g/mol. The summed E-state index contributed by atoms with van der Waals surface area (Å²) in [5, 5.41) is 3.04. The molecule has 1 amide bonds. The van der Waals surface area contributed by atoms with Crippen LogP contribution in [0.15, 0.2) is 12.1 Å². The van der Waals surface area contributed by atoms with Gasteiger partial charge in [0.1, 0.15) is 0 Å². The number of carbonyl (C=O) groups excluding carboxylic acids is 1. The summed E-state index contributed by atoms with van der Waals surface area (Å²) in [4.78, 5) is 16.5. The summed E-state index contributed by atoms with van der Waals surface area (Å²) in [6, 6.07) is 3.73. The second kappa shape index (κ2) is 6.69. The zero-order valence-electron chi connectivity index (χ0n) is 12.9. The molecule has 0 aromatic carbocycles. The van der Waals surface area contributed by atoms with Crippen LogP contribution in [-0.2, 0) is 0 Å². The number of nitrogens with one attached hydrogen (secondary N) is 1. The highest BCUT2D eigenvalue weighted by Crippen LogP contribution is 2.19. The van der Waals surface area contributed by atoms with Crippen LogP contribution < -0.4 is 5.32 Å². The van der Waals surface area contributed by atoms with Gasteiger partial charge < -0.3 is 5.32 Å². The zero-order chi connectivity index (χ0) is 14.6. The van der Waals surface area contributed by atoms with E-state index in [2.05, 4.69) is 38.0 Å². The number of amides is 1. The van der Waals surface area contributed by atoms with E-state index in [1.807, 2.05) is 26.0 Å². The standard InChI is InChI=1S/C16H26N2O/c1-10(2)15(11(3)4)9-17-16(19)14-8-7-12(5)18-13(14)6/h7-8,10-11,15H,9H2,1-6H3,(H,17,19). The highest BCUT2D eigenvalue weighted by Gasteiger charge is 2.19. The molecule has 1 aromatic heterocycles. The number of rotatable bonds is 5. The number of aromatic nitrogens is 1. The molecule has 0 unspecified atom stereocenters. The predicted molar refractivity (Wildman–Crippen MR) is 79.2 cm³/mol. The second-order valence-corrected chi connectivity index (χ2v) is 5.95. The van der Waals surface area contributed by atoms with Gasteiger partial charge in [0.2, 0.25) is 0 Å². The van der Waals surface area contributed by atoms with E-state index in [1.54, 1.807) is 0 Å². The van der Waals surface area contributed by atoms with Crippen LogP contribution in [0.1, 0.15) is 49.4 Å². The van der Waals surface area contributed by atoms with Gasteiger partial charge in [-0.15, -0.1) is 0 Å². The maximum absolute atomic E-state index is 12.2. The SMILES string of the molecule is Cc1ccc(C(=O)NCC(C(C)C)C(C)C)c(C)n1. The van der Waals surface area contributed by atoms with E-state index >= 15 is 0 Å². The summed E-state index contributed by atoms with van der Waals surface area (Å²) in [6.07, 6.45) is 0. The van der Waals surface area contributed by atoms with Gasteiger partial charge in [0.15, 0.2) is 0 Å². The Morgan fingerprint density at radius 1 is 1.16 bits per heavy atom. The van der Waals surface area contributed by atoms with Crippen molar-refractivity contribution in [2.24, 2.45) is 17.8 Å². The highest BCUT2D eigenvalue weighted by atomic mass is 16.1. The average molecular weight is 262 g/mol. The third kappa shape index (κ3) is 4.34. The number of carbonyl (C=O) groups is 1. The van der Waals surface area contributed by atoms with Crippen molar-refractivity contribution in [2.45, 2.75) is 41.5 Å². The molecule has 0 saturated carbocycles. The molecule has 0 bridgehead atoms. The van der Waals surface area contributed by atoms with Gasteiger partial charge >= 0.3 is 0 Å². The summed E-state index contributed by atoms with van der Waals surface area (Å²) >= 11 is 0. The van der Waals surface area contributed by atoms with Crippen LogP contribution in [0.3, 0.4) is 0 Å². The van der Waals surface area contributed by atoms with Crippen LogP contribution in [0, 0.1) is 31.6 Å². The Balaban J connectivity index is 2.69. The molecule has 1 N–H and O–H groups in total. The lowest BCUT2D eigenvalue weighted by atomic mass is 9.85. The van der Waals surface area contributed by atoms with Crippen molar-refractivity contribution in [1.82, 2.24) is 10.3 Å². The first-order valence-electron chi connectivity index (χ1n) is 7.05. The molecule has 0 radical (unpaired) electrons. The number of aryl methyl sites for hydroxylation is 2.